The van der Waals surface area contributed by atoms with Crippen LogP contribution >= 0.6 is 0 Å². The van der Waals surface area contributed by atoms with Crippen molar-refractivity contribution in [3.05, 3.63) is 0 Å². The van der Waals surface area contributed by atoms with Gasteiger partial charge in [-0.05, 0) is 25.7 Å². The summed E-state index contributed by atoms with van der Waals surface area (Å²) in [6.45, 7) is 2.87. The summed E-state index contributed by atoms with van der Waals surface area (Å²) < 4.78 is 0. The summed E-state index contributed by atoms with van der Waals surface area (Å²) in [4.78, 5) is 103. The molecule has 15 heteroatoms. The second-order valence-electron chi connectivity index (χ2n) is 11.3. The Morgan fingerprint density at radius 3 is 0.822 bits per heavy atom. The molecule has 15 nitrogen and oxygen atoms in total. The van der Waals surface area contributed by atoms with E-state index >= 15 is 0 Å². The highest BCUT2D eigenvalue weighted by Gasteiger charge is 2.29. The van der Waals surface area contributed by atoms with Crippen molar-refractivity contribution in [2.24, 2.45) is 0 Å². The number of piperidine rings is 2. The van der Waals surface area contributed by atoms with Crippen LogP contribution in [0.1, 0.15) is 77.0 Å². The fourth-order valence-electron chi connectivity index (χ4n) is 4.12. The number of carbonyl (C=O) groups excluding carboxylic acids is 9. The molecule has 6 saturated heterocycles. The molecule has 6 fully saturated rings. The van der Waals surface area contributed by atoms with Crippen molar-refractivity contribution in [2.75, 3.05) is 61.9 Å². The fraction of sp³-hybridized carbons (Fsp3) is 0.700. The number of hydrogen-bond acceptors (Lipinski definition) is 9. The lowest BCUT2D eigenvalue weighted by atomic mass is 10.1. The highest BCUT2D eigenvalue weighted by atomic mass is 16.2. The molecule has 0 saturated carbocycles. The summed E-state index contributed by atoms with van der Waals surface area (Å²) in [5.74, 6) is 0.490. The van der Waals surface area contributed by atoms with E-state index in [1.54, 1.807) is 14.7 Å². The van der Waals surface area contributed by atoms with Crippen LogP contribution in [-0.2, 0) is 43.2 Å². The van der Waals surface area contributed by atoms with Gasteiger partial charge in [0, 0.05) is 107 Å². The summed E-state index contributed by atoms with van der Waals surface area (Å²) in [5.41, 5.74) is 0. The lowest BCUT2D eigenvalue weighted by Gasteiger charge is -2.24. The summed E-state index contributed by atoms with van der Waals surface area (Å²) in [6.07, 6.45) is 8.29. The number of likely N-dealkylation sites (tertiary alicyclic amines) is 6. The molecule has 0 aromatic heterocycles. The highest BCUT2D eigenvalue weighted by Crippen LogP contribution is 2.10. The smallest absolute Gasteiger partial charge is 0.238 e. The second-order valence-corrected chi connectivity index (χ2v) is 11.3. The Hall–Kier alpha value is -4.17. The van der Waals surface area contributed by atoms with Gasteiger partial charge < -0.3 is 14.7 Å². The molecule has 0 aliphatic carbocycles. The Bertz CT molecular complexity index is 1090. The number of amides is 9. The van der Waals surface area contributed by atoms with Crippen LogP contribution in [0.2, 0.25) is 0 Å². The van der Waals surface area contributed by atoms with E-state index in [0.717, 1.165) is 63.1 Å². The van der Waals surface area contributed by atoms with E-state index in [9.17, 15) is 43.2 Å². The van der Waals surface area contributed by atoms with Crippen molar-refractivity contribution in [3.8, 4) is 0 Å². The van der Waals surface area contributed by atoms with E-state index in [4.69, 9.17) is 0 Å². The zero-order chi connectivity index (χ0) is 34.3. The highest BCUT2D eigenvalue weighted by molar-refractivity contribution is 6.14. The summed E-state index contributed by atoms with van der Waals surface area (Å²) in [6, 6.07) is 0. The van der Waals surface area contributed by atoms with Gasteiger partial charge in [0.1, 0.15) is 6.42 Å². The molecule has 0 atom stereocenters. The van der Waals surface area contributed by atoms with Crippen LogP contribution in [-0.4, -0.2) is 144 Å². The minimum absolute atomic E-state index is 0.0498. The third kappa shape index (κ3) is 13.6. The predicted molar refractivity (Wildman–Crippen MR) is 162 cm³/mol. The predicted octanol–water partition coefficient (Wildman–Crippen LogP) is 0.0114. The average Bonchev–Trinajstić information content (AvgIpc) is 3.55. The second kappa shape index (κ2) is 19.3. The van der Waals surface area contributed by atoms with Crippen molar-refractivity contribution < 1.29 is 43.2 Å². The molecular formula is C30H48N6O9. The molecule has 0 unspecified atom stereocenters. The lowest BCUT2D eigenvalue weighted by Crippen LogP contribution is -2.45. The fourth-order valence-corrected chi connectivity index (χ4v) is 4.12. The van der Waals surface area contributed by atoms with Gasteiger partial charge >= 0.3 is 0 Å². The molecule has 6 aliphatic rings. The van der Waals surface area contributed by atoms with Crippen LogP contribution in [0.4, 0.5) is 0 Å². The molecule has 0 aromatic rings. The van der Waals surface area contributed by atoms with Crippen LogP contribution in [0.15, 0.2) is 0 Å². The maximum absolute atomic E-state index is 10.7. The van der Waals surface area contributed by atoms with Crippen molar-refractivity contribution in [1.82, 2.24) is 29.4 Å². The summed E-state index contributed by atoms with van der Waals surface area (Å²) >= 11 is 0. The number of imide groups is 3. The van der Waals surface area contributed by atoms with Crippen LogP contribution in [0.25, 0.3) is 0 Å². The molecule has 0 spiro atoms. The average molecular weight is 637 g/mol. The molecule has 0 radical (unpaired) electrons. The molecule has 6 heterocycles. The van der Waals surface area contributed by atoms with Gasteiger partial charge in [0.25, 0.3) is 0 Å². The SMILES string of the molecule is CN1C(=O)CC1=O.CN1C(=O)CCC1=O.CN1C(=O)CCCC1=O.CN1CCC1=O.CN1CCCC1=O.CN1CCCCC1=O. The maximum Gasteiger partial charge on any atom is 0.238 e. The van der Waals surface area contributed by atoms with Gasteiger partial charge in [-0.15, -0.1) is 0 Å². The van der Waals surface area contributed by atoms with E-state index in [1.165, 1.54) is 37.4 Å². The van der Waals surface area contributed by atoms with E-state index in [-0.39, 0.29) is 47.8 Å². The Kier molecular flexibility index (Phi) is 16.6. The zero-order valence-electron chi connectivity index (χ0n) is 27.5. The first-order chi connectivity index (χ1) is 21.1. The minimum Gasteiger partial charge on any atom is -0.346 e. The number of hydrogen-bond donors (Lipinski definition) is 0. The van der Waals surface area contributed by atoms with Crippen LogP contribution < -0.4 is 0 Å². The van der Waals surface area contributed by atoms with Crippen molar-refractivity contribution in [1.29, 1.82) is 0 Å². The van der Waals surface area contributed by atoms with Crippen molar-refractivity contribution in [2.45, 2.75) is 77.0 Å². The van der Waals surface area contributed by atoms with Gasteiger partial charge in [0.05, 0.1) is 0 Å². The summed E-state index contributed by atoms with van der Waals surface area (Å²) in [5, 5.41) is 0. The standard InChI is InChI=1S/C6H9NO2.C6H11NO.C5H7NO2.C5H9NO.C4H5NO2.C4H7NO/c1-7-5(8)3-2-4-6(7)9;1-7-5-3-2-4-6(7)8;1-6-4(7)2-3-5(6)8;1-6-4-2-3-5(6)7;1-5-3(6)2-4(5)7;1-5-3-2-4(5)6/h2-4H2,1H3;2-5H2,1H3;2-3H2,1H3;2-4H2,1H3;2H2,1H3;2-3H2,1H3. The number of β-lactam (4-membered cyclic amide) rings is 3. The molecule has 0 bridgehead atoms. The first-order valence-electron chi connectivity index (χ1n) is 15.2. The van der Waals surface area contributed by atoms with Gasteiger partial charge in [-0.2, -0.15) is 0 Å². The van der Waals surface area contributed by atoms with Crippen LogP contribution in [0, 0.1) is 0 Å². The van der Waals surface area contributed by atoms with Gasteiger partial charge in [-0.25, -0.2) is 0 Å². The molecule has 0 N–H and O–H groups in total. The Balaban J connectivity index is 0.000000271. The molecule has 9 amide bonds. The van der Waals surface area contributed by atoms with Gasteiger partial charge in [0.15, 0.2) is 0 Å². The quantitative estimate of drug-likeness (QED) is 0.202. The van der Waals surface area contributed by atoms with Crippen LogP contribution in [0.3, 0.4) is 0 Å². The van der Waals surface area contributed by atoms with Crippen molar-refractivity contribution >= 4 is 53.2 Å². The maximum atomic E-state index is 10.7. The third-order valence-corrected chi connectivity index (χ3v) is 7.84. The molecule has 6 aliphatic heterocycles. The van der Waals surface area contributed by atoms with Gasteiger partial charge in [0.2, 0.25) is 53.2 Å². The molecule has 0 aromatic carbocycles. The van der Waals surface area contributed by atoms with E-state index < -0.39 is 0 Å². The first-order valence-corrected chi connectivity index (χ1v) is 15.2. The monoisotopic (exact) mass is 636 g/mol. The lowest BCUT2D eigenvalue weighted by molar-refractivity contribution is -0.155. The molecular weight excluding hydrogens is 588 g/mol. The van der Waals surface area contributed by atoms with E-state index in [0.29, 0.717) is 37.5 Å². The minimum atomic E-state index is -0.0787. The number of rotatable bonds is 0. The van der Waals surface area contributed by atoms with E-state index in [1.807, 2.05) is 21.1 Å². The topological polar surface area (TPSA) is 173 Å². The molecule has 6 rings (SSSR count). The van der Waals surface area contributed by atoms with Gasteiger partial charge in [-0.1, -0.05) is 0 Å². The first kappa shape index (κ1) is 38.9. The van der Waals surface area contributed by atoms with Gasteiger partial charge in [-0.3, -0.25) is 57.9 Å². The van der Waals surface area contributed by atoms with E-state index in [2.05, 4.69) is 0 Å². The van der Waals surface area contributed by atoms with Crippen molar-refractivity contribution in [3.63, 3.8) is 0 Å². The Morgan fingerprint density at radius 1 is 0.311 bits per heavy atom. The largest absolute Gasteiger partial charge is 0.346 e. The normalized spacial score (nSPS) is 20.8. The Morgan fingerprint density at radius 2 is 0.644 bits per heavy atom. The van der Waals surface area contributed by atoms with Crippen LogP contribution in [0.5, 0.6) is 0 Å². The third-order valence-electron chi connectivity index (χ3n) is 7.84. The number of nitrogens with zero attached hydrogens (tertiary/aromatic N) is 6. The Labute approximate surface area is 264 Å². The summed E-state index contributed by atoms with van der Waals surface area (Å²) in [7, 11) is 10.0. The molecule has 45 heavy (non-hydrogen) atoms. The number of carbonyl (C=O) groups is 9. The molecule has 252 valence electrons. The zero-order valence-corrected chi connectivity index (χ0v) is 27.5.